The second kappa shape index (κ2) is 4.87. The van der Waals surface area contributed by atoms with Gasteiger partial charge in [0.1, 0.15) is 0 Å². The van der Waals surface area contributed by atoms with Gasteiger partial charge < -0.3 is 10.1 Å². The Balaban J connectivity index is 1.69. The molecular formula is C16H20FNO. The minimum absolute atomic E-state index is 0.296. The summed E-state index contributed by atoms with van der Waals surface area (Å²) < 4.78 is 18.4. The third-order valence-electron chi connectivity index (χ3n) is 4.52. The standard InChI is InChI=1S/C16H20FNO/c1-10(14-8-11-3-4-12(14)7-11)18-13-5-6-15(17)16(9-13)19-2/h3-6,9-12,14,18H,7-8H2,1-2H3. The molecule has 0 aromatic heterocycles. The summed E-state index contributed by atoms with van der Waals surface area (Å²) in [6, 6.07) is 5.36. The van der Waals surface area contributed by atoms with Crippen molar-refractivity contribution in [2.45, 2.75) is 25.8 Å². The SMILES string of the molecule is COc1cc(NC(C)C2CC3C=CC2C3)ccc1F. The molecule has 4 unspecified atom stereocenters. The van der Waals surface area contributed by atoms with E-state index in [4.69, 9.17) is 4.74 Å². The monoisotopic (exact) mass is 261 g/mol. The lowest BCUT2D eigenvalue weighted by Gasteiger charge is -2.27. The van der Waals surface area contributed by atoms with Crippen molar-refractivity contribution in [3.63, 3.8) is 0 Å². The van der Waals surface area contributed by atoms with E-state index in [1.807, 2.05) is 0 Å². The largest absolute Gasteiger partial charge is 0.494 e. The third kappa shape index (κ3) is 2.34. The van der Waals surface area contributed by atoms with Crippen LogP contribution in [0, 0.1) is 23.6 Å². The number of hydrogen-bond donors (Lipinski definition) is 1. The highest BCUT2D eigenvalue weighted by Crippen LogP contribution is 2.45. The maximum absolute atomic E-state index is 13.4. The van der Waals surface area contributed by atoms with Crippen LogP contribution in [0.5, 0.6) is 5.75 Å². The van der Waals surface area contributed by atoms with Crippen LogP contribution in [0.4, 0.5) is 10.1 Å². The fraction of sp³-hybridized carbons (Fsp3) is 0.500. The molecule has 0 saturated heterocycles. The van der Waals surface area contributed by atoms with E-state index in [2.05, 4.69) is 24.4 Å². The summed E-state index contributed by atoms with van der Waals surface area (Å²) in [4.78, 5) is 0. The number of anilines is 1. The van der Waals surface area contributed by atoms with Crippen molar-refractivity contribution >= 4 is 5.69 Å². The Morgan fingerprint density at radius 1 is 1.32 bits per heavy atom. The van der Waals surface area contributed by atoms with Crippen LogP contribution in [0.25, 0.3) is 0 Å². The molecule has 1 fully saturated rings. The zero-order chi connectivity index (χ0) is 13.4. The number of benzene rings is 1. The molecule has 0 heterocycles. The molecule has 1 aromatic carbocycles. The molecule has 4 atom stereocenters. The summed E-state index contributed by atoms with van der Waals surface area (Å²) >= 11 is 0. The fourth-order valence-electron chi connectivity index (χ4n) is 3.52. The summed E-state index contributed by atoms with van der Waals surface area (Å²) in [5.74, 6) is 2.16. The second-order valence-electron chi connectivity index (χ2n) is 5.73. The number of nitrogens with one attached hydrogen (secondary N) is 1. The Bertz CT molecular complexity index is 500. The summed E-state index contributed by atoms with van der Waals surface area (Å²) in [7, 11) is 1.49. The van der Waals surface area contributed by atoms with Crippen molar-refractivity contribution in [3.05, 3.63) is 36.2 Å². The number of fused-ring (bicyclic) bond motifs is 2. The maximum atomic E-state index is 13.4. The van der Waals surface area contributed by atoms with E-state index in [1.54, 1.807) is 12.1 Å². The molecule has 1 saturated carbocycles. The highest BCUT2D eigenvalue weighted by molar-refractivity contribution is 5.49. The van der Waals surface area contributed by atoms with Crippen molar-refractivity contribution < 1.29 is 9.13 Å². The van der Waals surface area contributed by atoms with Crippen molar-refractivity contribution in [2.75, 3.05) is 12.4 Å². The molecule has 2 aliphatic rings. The molecule has 2 aliphatic carbocycles. The predicted molar refractivity (Wildman–Crippen MR) is 74.9 cm³/mol. The highest BCUT2D eigenvalue weighted by atomic mass is 19.1. The Kier molecular flexibility index (Phi) is 3.21. The van der Waals surface area contributed by atoms with Gasteiger partial charge in [0.15, 0.2) is 11.6 Å². The summed E-state index contributed by atoms with van der Waals surface area (Å²) in [5.41, 5.74) is 0.928. The van der Waals surface area contributed by atoms with Crippen LogP contribution in [0.2, 0.25) is 0 Å². The Labute approximate surface area is 113 Å². The van der Waals surface area contributed by atoms with E-state index in [1.165, 1.54) is 26.0 Å². The molecule has 2 nitrogen and oxygen atoms in total. The van der Waals surface area contributed by atoms with Crippen molar-refractivity contribution in [2.24, 2.45) is 17.8 Å². The lowest BCUT2D eigenvalue weighted by molar-refractivity contribution is 0.385. The van der Waals surface area contributed by atoms with Gasteiger partial charge in [-0.05, 0) is 49.7 Å². The maximum Gasteiger partial charge on any atom is 0.165 e. The number of halogens is 1. The molecule has 1 N–H and O–H groups in total. The molecular weight excluding hydrogens is 241 g/mol. The van der Waals surface area contributed by atoms with Gasteiger partial charge in [-0.15, -0.1) is 0 Å². The van der Waals surface area contributed by atoms with Gasteiger partial charge in [-0.3, -0.25) is 0 Å². The van der Waals surface area contributed by atoms with E-state index >= 15 is 0 Å². The molecule has 19 heavy (non-hydrogen) atoms. The zero-order valence-electron chi connectivity index (χ0n) is 11.4. The quantitative estimate of drug-likeness (QED) is 0.831. The topological polar surface area (TPSA) is 21.3 Å². The first-order valence-corrected chi connectivity index (χ1v) is 6.96. The Morgan fingerprint density at radius 2 is 2.16 bits per heavy atom. The van der Waals surface area contributed by atoms with Gasteiger partial charge in [0.25, 0.3) is 0 Å². The van der Waals surface area contributed by atoms with Gasteiger partial charge in [0.05, 0.1) is 7.11 Å². The molecule has 3 heteroatoms. The Morgan fingerprint density at radius 3 is 2.79 bits per heavy atom. The summed E-state index contributed by atoms with van der Waals surface area (Å²) in [6.07, 6.45) is 7.30. The molecule has 1 aromatic rings. The van der Waals surface area contributed by atoms with Crippen LogP contribution in [-0.4, -0.2) is 13.2 Å². The van der Waals surface area contributed by atoms with Gasteiger partial charge in [0, 0.05) is 17.8 Å². The van der Waals surface area contributed by atoms with E-state index in [-0.39, 0.29) is 5.82 Å². The average Bonchev–Trinajstić information content (AvgIpc) is 3.03. The fourth-order valence-corrected chi connectivity index (χ4v) is 3.52. The molecule has 102 valence electrons. The van der Waals surface area contributed by atoms with Crippen molar-refractivity contribution in [3.8, 4) is 5.75 Å². The minimum Gasteiger partial charge on any atom is -0.494 e. The average molecular weight is 261 g/mol. The number of ether oxygens (including phenoxy) is 1. The van der Waals surface area contributed by atoms with Gasteiger partial charge in [0.2, 0.25) is 0 Å². The first kappa shape index (κ1) is 12.5. The van der Waals surface area contributed by atoms with E-state index in [9.17, 15) is 4.39 Å². The van der Waals surface area contributed by atoms with Crippen molar-refractivity contribution in [1.82, 2.24) is 0 Å². The van der Waals surface area contributed by atoms with Crippen LogP contribution >= 0.6 is 0 Å². The smallest absolute Gasteiger partial charge is 0.165 e. The molecule has 3 rings (SSSR count). The van der Waals surface area contributed by atoms with Crippen LogP contribution in [-0.2, 0) is 0 Å². The van der Waals surface area contributed by atoms with Gasteiger partial charge in [-0.25, -0.2) is 4.39 Å². The molecule has 2 bridgehead atoms. The molecule has 0 radical (unpaired) electrons. The highest BCUT2D eigenvalue weighted by Gasteiger charge is 2.38. The van der Waals surface area contributed by atoms with Crippen molar-refractivity contribution in [1.29, 1.82) is 0 Å². The van der Waals surface area contributed by atoms with E-state index in [0.29, 0.717) is 17.7 Å². The van der Waals surface area contributed by atoms with Gasteiger partial charge in [-0.1, -0.05) is 12.2 Å². The van der Waals surface area contributed by atoms with E-state index in [0.717, 1.165) is 17.5 Å². The van der Waals surface area contributed by atoms with Crippen LogP contribution < -0.4 is 10.1 Å². The van der Waals surface area contributed by atoms with Gasteiger partial charge >= 0.3 is 0 Å². The van der Waals surface area contributed by atoms with Crippen LogP contribution in [0.3, 0.4) is 0 Å². The molecule has 0 aliphatic heterocycles. The number of hydrogen-bond acceptors (Lipinski definition) is 2. The van der Waals surface area contributed by atoms with Gasteiger partial charge in [-0.2, -0.15) is 0 Å². The minimum atomic E-state index is -0.316. The lowest BCUT2D eigenvalue weighted by Crippen LogP contribution is -2.28. The third-order valence-corrected chi connectivity index (χ3v) is 4.52. The lowest BCUT2D eigenvalue weighted by atomic mass is 9.87. The normalized spacial score (nSPS) is 29.5. The van der Waals surface area contributed by atoms with Crippen LogP contribution in [0.15, 0.2) is 30.4 Å². The first-order chi connectivity index (χ1) is 9.17. The predicted octanol–water partition coefficient (Wildman–Crippen LogP) is 3.85. The van der Waals surface area contributed by atoms with E-state index < -0.39 is 0 Å². The number of allylic oxidation sites excluding steroid dienone is 2. The summed E-state index contributed by atoms with van der Waals surface area (Å²) in [6.45, 7) is 2.22. The first-order valence-electron chi connectivity index (χ1n) is 6.96. The van der Waals surface area contributed by atoms with Crippen LogP contribution in [0.1, 0.15) is 19.8 Å². The molecule has 0 amide bonds. The number of methoxy groups -OCH3 is 1. The molecule has 0 spiro atoms. The number of rotatable bonds is 4. The Hall–Kier alpha value is -1.51. The summed E-state index contributed by atoms with van der Waals surface area (Å²) in [5, 5.41) is 3.49. The zero-order valence-corrected chi connectivity index (χ0v) is 11.4. The second-order valence-corrected chi connectivity index (χ2v) is 5.73.